The van der Waals surface area contributed by atoms with Crippen molar-refractivity contribution < 1.29 is 0 Å². The zero-order valence-corrected chi connectivity index (χ0v) is 12.8. The van der Waals surface area contributed by atoms with Crippen LogP contribution in [0.4, 0.5) is 5.69 Å². The van der Waals surface area contributed by atoms with Crippen molar-refractivity contribution in [1.29, 1.82) is 0 Å². The van der Waals surface area contributed by atoms with Gasteiger partial charge in [0.2, 0.25) is 0 Å². The highest BCUT2D eigenvalue weighted by Crippen LogP contribution is 2.07. The molecule has 0 radical (unpaired) electrons. The average molecular weight is 316 g/mol. The molecule has 5 heteroatoms. The maximum Gasteiger partial charge on any atom is 0.268 e. The zero-order chi connectivity index (χ0) is 13.4. The molecule has 1 aromatic heterocycles. The third-order valence-corrected chi connectivity index (χ3v) is 3.42. The Bertz CT molecular complexity index is 405. The molecule has 102 valence electrons. The molecule has 0 amide bonds. The number of anilines is 1. The summed E-state index contributed by atoms with van der Waals surface area (Å²) in [6.07, 6.45) is 6.11. The van der Waals surface area contributed by atoms with Gasteiger partial charge >= 0.3 is 0 Å². The summed E-state index contributed by atoms with van der Waals surface area (Å²) in [4.78, 5) is 13.9. The quantitative estimate of drug-likeness (QED) is 0.547. The predicted molar refractivity (Wildman–Crippen MR) is 79.7 cm³/mol. The Labute approximate surface area is 117 Å². The standard InChI is InChI=1S/C13H22BrN3O/c1-3-8-16(2)12-10-13(18)17(15-11-12)9-6-4-5-7-14/h10-11H,3-9H2,1-2H3. The lowest BCUT2D eigenvalue weighted by atomic mass is 10.2. The van der Waals surface area contributed by atoms with Crippen molar-refractivity contribution in [2.24, 2.45) is 0 Å². The normalized spacial score (nSPS) is 10.6. The van der Waals surface area contributed by atoms with Gasteiger partial charge in [-0.05, 0) is 19.3 Å². The number of nitrogens with zero attached hydrogens (tertiary/aromatic N) is 3. The van der Waals surface area contributed by atoms with Crippen LogP contribution in [0.3, 0.4) is 0 Å². The molecule has 0 aliphatic heterocycles. The van der Waals surface area contributed by atoms with Gasteiger partial charge in [-0.2, -0.15) is 5.10 Å². The average Bonchev–Trinajstić information content (AvgIpc) is 2.36. The Hall–Kier alpha value is -0.840. The van der Waals surface area contributed by atoms with Gasteiger partial charge in [0.25, 0.3) is 5.56 Å². The summed E-state index contributed by atoms with van der Waals surface area (Å²) < 4.78 is 1.55. The van der Waals surface area contributed by atoms with E-state index >= 15 is 0 Å². The Balaban J connectivity index is 2.59. The van der Waals surface area contributed by atoms with Gasteiger partial charge in [0.05, 0.1) is 11.9 Å². The van der Waals surface area contributed by atoms with Crippen molar-refractivity contribution in [3.63, 3.8) is 0 Å². The largest absolute Gasteiger partial charge is 0.373 e. The number of hydrogen-bond acceptors (Lipinski definition) is 3. The first-order chi connectivity index (χ1) is 8.69. The second-order valence-electron chi connectivity index (χ2n) is 4.45. The summed E-state index contributed by atoms with van der Waals surface area (Å²) in [5, 5.41) is 5.25. The molecule has 18 heavy (non-hydrogen) atoms. The van der Waals surface area contributed by atoms with E-state index in [1.807, 2.05) is 7.05 Å². The number of unbranched alkanes of at least 4 members (excludes halogenated alkanes) is 2. The van der Waals surface area contributed by atoms with Gasteiger partial charge in [-0.1, -0.05) is 29.3 Å². The summed E-state index contributed by atoms with van der Waals surface area (Å²) >= 11 is 3.40. The van der Waals surface area contributed by atoms with E-state index in [0.29, 0.717) is 6.54 Å². The first kappa shape index (κ1) is 15.2. The molecular weight excluding hydrogens is 294 g/mol. The van der Waals surface area contributed by atoms with Crippen LogP contribution in [0, 0.1) is 0 Å². The van der Waals surface area contributed by atoms with Crippen LogP contribution in [0.25, 0.3) is 0 Å². The minimum absolute atomic E-state index is 0.00528. The molecule has 0 bridgehead atoms. The molecular formula is C13H22BrN3O. The summed E-state index contributed by atoms with van der Waals surface area (Å²) in [7, 11) is 1.99. The number of halogens is 1. The van der Waals surface area contributed by atoms with Crippen LogP contribution in [0.15, 0.2) is 17.1 Å². The molecule has 0 spiro atoms. The van der Waals surface area contributed by atoms with E-state index in [9.17, 15) is 4.79 Å². The highest BCUT2D eigenvalue weighted by molar-refractivity contribution is 9.09. The van der Waals surface area contributed by atoms with E-state index in [-0.39, 0.29) is 5.56 Å². The smallest absolute Gasteiger partial charge is 0.268 e. The maximum absolute atomic E-state index is 11.9. The van der Waals surface area contributed by atoms with Crippen molar-refractivity contribution in [3.05, 3.63) is 22.6 Å². The van der Waals surface area contributed by atoms with Crippen molar-refractivity contribution in [2.45, 2.75) is 39.2 Å². The van der Waals surface area contributed by atoms with Crippen LogP contribution < -0.4 is 10.5 Å². The first-order valence-electron chi connectivity index (χ1n) is 6.53. The Morgan fingerprint density at radius 2 is 2.17 bits per heavy atom. The molecule has 0 unspecified atom stereocenters. The van der Waals surface area contributed by atoms with Gasteiger partial charge in [-0.25, -0.2) is 4.68 Å². The molecule has 0 saturated heterocycles. The van der Waals surface area contributed by atoms with Crippen LogP contribution in [-0.2, 0) is 6.54 Å². The number of rotatable bonds is 8. The van der Waals surface area contributed by atoms with E-state index < -0.39 is 0 Å². The third-order valence-electron chi connectivity index (χ3n) is 2.86. The molecule has 1 rings (SSSR count). The second kappa shape index (κ2) is 8.29. The maximum atomic E-state index is 11.9. The van der Waals surface area contributed by atoms with Crippen LogP contribution >= 0.6 is 15.9 Å². The highest BCUT2D eigenvalue weighted by Gasteiger charge is 2.03. The van der Waals surface area contributed by atoms with E-state index in [1.165, 1.54) is 0 Å². The van der Waals surface area contributed by atoms with Crippen LogP contribution in [0.2, 0.25) is 0 Å². The van der Waals surface area contributed by atoms with Gasteiger partial charge in [0.15, 0.2) is 0 Å². The molecule has 0 atom stereocenters. The molecule has 4 nitrogen and oxygen atoms in total. The molecule has 0 aliphatic carbocycles. The van der Waals surface area contributed by atoms with E-state index in [1.54, 1.807) is 16.9 Å². The number of aryl methyl sites for hydroxylation is 1. The van der Waals surface area contributed by atoms with E-state index in [2.05, 4.69) is 32.9 Å². The molecule has 0 N–H and O–H groups in total. The summed E-state index contributed by atoms with van der Waals surface area (Å²) in [5.74, 6) is 0. The molecule has 1 heterocycles. The molecule has 0 aliphatic rings. The van der Waals surface area contributed by atoms with Gasteiger partial charge in [0.1, 0.15) is 0 Å². The van der Waals surface area contributed by atoms with Crippen LogP contribution in [0.5, 0.6) is 0 Å². The fourth-order valence-corrected chi connectivity index (χ4v) is 2.19. The Morgan fingerprint density at radius 3 is 2.78 bits per heavy atom. The minimum atomic E-state index is -0.00528. The van der Waals surface area contributed by atoms with E-state index in [0.717, 1.165) is 43.2 Å². The van der Waals surface area contributed by atoms with Crippen molar-refractivity contribution >= 4 is 21.6 Å². The van der Waals surface area contributed by atoms with Crippen LogP contribution in [0.1, 0.15) is 32.6 Å². The Kier molecular flexibility index (Phi) is 7.01. The number of aromatic nitrogens is 2. The Morgan fingerprint density at radius 1 is 1.39 bits per heavy atom. The third kappa shape index (κ3) is 4.80. The SMILES string of the molecule is CCCN(C)c1cnn(CCCCCBr)c(=O)c1. The predicted octanol–water partition coefficient (Wildman–Crippen LogP) is 2.65. The van der Waals surface area contributed by atoms with Gasteiger partial charge < -0.3 is 4.90 Å². The van der Waals surface area contributed by atoms with Crippen molar-refractivity contribution in [3.8, 4) is 0 Å². The molecule has 0 saturated carbocycles. The topological polar surface area (TPSA) is 38.1 Å². The lowest BCUT2D eigenvalue weighted by Gasteiger charge is -2.17. The fraction of sp³-hybridized carbons (Fsp3) is 0.692. The molecule has 0 fully saturated rings. The fourth-order valence-electron chi connectivity index (χ4n) is 1.80. The summed E-state index contributed by atoms with van der Waals surface area (Å²) in [6, 6.07) is 1.67. The summed E-state index contributed by atoms with van der Waals surface area (Å²) in [5.41, 5.74) is 0.896. The van der Waals surface area contributed by atoms with E-state index in [4.69, 9.17) is 0 Å². The summed E-state index contributed by atoms with van der Waals surface area (Å²) in [6.45, 7) is 3.77. The molecule has 0 aromatic carbocycles. The highest BCUT2D eigenvalue weighted by atomic mass is 79.9. The zero-order valence-electron chi connectivity index (χ0n) is 11.2. The van der Waals surface area contributed by atoms with Crippen LogP contribution in [-0.4, -0.2) is 28.7 Å². The second-order valence-corrected chi connectivity index (χ2v) is 5.24. The lowest BCUT2D eigenvalue weighted by Crippen LogP contribution is -2.26. The number of hydrogen-bond donors (Lipinski definition) is 0. The molecule has 1 aromatic rings. The van der Waals surface area contributed by atoms with Crippen molar-refractivity contribution in [1.82, 2.24) is 9.78 Å². The van der Waals surface area contributed by atoms with Gasteiger partial charge in [0, 0.05) is 31.5 Å². The minimum Gasteiger partial charge on any atom is -0.373 e. The van der Waals surface area contributed by atoms with Crippen molar-refractivity contribution in [2.75, 3.05) is 23.8 Å². The lowest BCUT2D eigenvalue weighted by molar-refractivity contribution is 0.529. The number of alkyl halides is 1. The monoisotopic (exact) mass is 315 g/mol. The van der Waals surface area contributed by atoms with Gasteiger partial charge in [-0.15, -0.1) is 0 Å². The first-order valence-corrected chi connectivity index (χ1v) is 7.65. The van der Waals surface area contributed by atoms with Gasteiger partial charge in [-0.3, -0.25) is 4.79 Å².